The van der Waals surface area contributed by atoms with Crippen molar-refractivity contribution in [2.45, 2.75) is 3.79 Å². The molecule has 0 radical (unpaired) electrons. The van der Waals surface area contributed by atoms with Gasteiger partial charge in [0.05, 0.1) is 6.54 Å². The molecule has 1 aromatic rings. The summed E-state index contributed by atoms with van der Waals surface area (Å²) in [4.78, 5) is 0. The van der Waals surface area contributed by atoms with Crippen molar-refractivity contribution < 1.29 is 5.21 Å². The third-order valence-corrected chi connectivity index (χ3v) is 1.96. The van der Waals surface area contributed by atoms with Crippen molar-refractivity contribution in [3.63, 3.8) is 0 Å². The first kappa shape index (κ1) is 10.3. The van der Waals surface area contributed by atoms with Crippen LogP contribution in [0.25, 0.3) is 0 Å². The molecule has 0 saturated heterocycles. The van der Waals surface area contributed by atoms with Crippen LogP contribution in [0.15, 0.2) is 5.51 Å². The van der Waals surface area contributed by atoms with Gasteiger partial charge in [-0.15, -0.1) is 10.2 Å². The SMILES string of the molecule is ON(CC(Cl)(Cl)Cl)c1nncs1. The molecule has 0 aliphatic heterocycles. The molecule has 0 aromatic carbocycles. The van der Waals surface area contributed by atoms with E-state index in [2.05, 4.69) is 10.2 Å². The van der Waals surface area contributed by atoms with Gasteiger partial charge in [-0.25, -0.2) is 5.06 Å². The van der Waals surface area contributed by atoms with Crippen LogP contribution >= 0.6 is 46.1 Å². The molecule has 0 aliphatic carbocycles. The van der Waals surface area contributed by atoms with E-state index < -0.39 is 3.79 Å². The molecule has 0 fully saturated rings. The molecule has 0 amide bonds. The molecule has 0 unspecified atom stereocenters. The van der Waals surface area contributed by atoms with Gasteiger partial charge < -0.3 is 0 Å². The van der Waals surface area contributed by atoms with Gasteiger partial charge in [0.2, 0.25) is 8.92 Å². The Morgan fingerprint density at radius 2 is 2.25 bits per heavy atom. The third-order valence-electron chi connectivity index (χ3n) is 0.898. The lowest BCUT2D eigenvalue weighted by molar-refractivity contribution is 0.255. The summed E-state index contributed by atoms with van der Waals surface area (Å²) in [5.41, 5.74) is 1.47. The molecule has 0 aliphatic rings. The maximum Gasteiger partial charge on any atom is 0.231 e. The first-order chi connectivity index (χ1) is 5.49. The second kappa shape index (κ2) is 3.93. The van der Waals surface area contributed by atoms with Gasteiger partial charge in [-0.05, 0) is 0 Å². The topological polar surface area (TPSA) is 49.2 Å². The van der Waals surface area contributed by atoms with Gasteiger partial charge in [0.15, 0.2) is 0 Å². The van der Waals surface area contributed by atoms with Crippen LogP contribution in [-0.4, -0.2) is 25.7 Å². The number of hydroxylamine groups is 1. The number of hydrogen-bond donors (Lipinski definition) is 1. The number of aromatic nitrogens is 2. The minimum atomic E-state index is -1.53. The normalized spacial score (nSPS) is 11.7. The van der Waals surface area contributed by atoms with E-state index in [1.807, 2.05) is 0 Å². The number of anilines is 1. The van der Waals surface area contributed by atoms with Gasteiger partial charge in [0, 0.05) is 0 Å². The fraction of sp³-hybridized carbons (Fsp3) is 0.500. The van der Waals surface area contributed by atoms with E-state index in [1.165, 1.54) is 5.51 Å². The summed E-state index contributed by atoms with van der Waals surface area (Å²) < 4.78 is -1.53. The summed E-state index contributed by atoms with van der Waals surface area (Å²) in [7, 11) is 0. The summed E-state index contributed by atoms with van der Waals surface area (Å²) >= 11 is 17.4. The zero-order valence-corrected chi connectivity index (χ0v) is 8.70. The fourth-order valence-electron chi connectivity index (χ4n) is 0.517. The van der Waals surface area contributed by atoms with E-state index in [1.54, 1.807) is 0 Å². The van der Waals surface area contributed by atoms with Crippen molar-refractivity contribution in [2.24, 2.45) is 0 Å². The molecule has 1 heterocycles. The fourth-order valence-corrected chi connectivity index (χ4v) is 1.33. The molecule has 0 bridgehead atoms. The highest BCUT2D eigenvalue weighted by Crippen LogP contribution is 2.28. The minimum Gasteiger partial charge on any atom is -0.286 e. The number of alkyl halides is 3. The highest BCUT2D eigenvalue weighted by Gasteiger charge is 2.24. The van der Waals surface area contributed by atoms with Crippen molar-refractivity contribution in [1.82, 2.24) is 10.2 Å². The van der Waals surface area contributed by atoms with E-state index in [0.29, 0.717) is 5.13 Å². The average Bonchev–Trinajstić information content (AvgIpc) is 2.32. The largest absolute Gasteiger partial charge is 0.286 e. The molecule has 1 rings (SSSR count). The van der Waals surface area contributed by atoms with E-state index in [-0.39, 0.29) is 6.54 Å². The second-order valence-corrected chi connectivity index (χ2v) is 5.22. The number of rotatable bonds is 2. The second-order valence-electron chi connectivity index (χ2n) is 1.89. The molecule has 8 heteroatoms. The van der Waals surface area contributed by atoms with Crippen molar-refractivity contribution in [3.8, 4) is 0 Å². The summed E-state index contributed by atoms with van der Waals surface area (Å²) in [6, 6.07) is 0. The zero-order valence-electron chi connectivity index (χ0n) is 5.62. The van der Waals surface area contributed by atoms with Gasteiger partial charge >= 0.3 is 0 Å². The van der Waals surface area contributed by atoms with E-state index in [9.17, 15) is 5.21 Å². The van der Waals surface area contributed by atoms with Crippen molar-refractivity contribution in [1.29, 1.82) is 0 Å². The summed E-state index contributed by atoms with van der Waals surface area (Å²) in [5, 5.41) is 17.3. The van der Waals surface area contributed by atoms with Gasteiger partial charge in [-0.2, -0.15) is 0 Å². The van der Waals surface area contributed by atoms with Crippen LogP contribution in [0.4, 0.5) is 5.13 Å². The molecule has 0 saturated carbocycles. The Morgan fingerprint density at radius 1 is 1.58 bits per heavy atom. The Morgan fingerprint density at radius 3 is 2.67 bits per heavy atom. The van der Waals surface area contributed by atoms with Crippen LogP contribution in [0.2, 0.25) is 0 Å². The molecule has 68 valence electrons. The van der Waals surface area contributed by atoms with Gasteiger partial charge in [-0.3, -0.25) is 5.21 Å². The highest BCUT2D eigenvalue weighted by molar-refractivity contribution is 7.13. The predicted octanol–water partition coefficient (Wildman–Crippen LogP) is 2.10. The Hall–Kier alpha value is 0.190. The van der Waals surface area contributed by atoms with Crippen LogP contribution in [-0.2, 0) is 0 Å². The van der Waals surface area contributed by atoms with Crippen molar-refractivity contribution >= 4 is 51.3 Å². The molecular formula is C4H4Cl3N3OS. The highest BCUT2D eigenvalue weighted by atomic mass is 35.6. The van der Waals surface area contributed by atoms with Crippen LogP contribution in [0.5, 0.6) is 0 Å². The number of halogens is 3. The van der Waals surface area contributed by atoms with E-state index in [0.717, 1.165) is 16.4 Å². The Bertz CT molecular complexity index is 236. The van der Waals surface area contributed by atoms with Gasteiger partial charge in [-0.1, -0.05) is 46.1 Å². The average molecular weight is 249 g/mol. The molecule has 12 heavy (non-hydrogen) atoms. The summed E-state index contributed by atoms with van der Waals surface area (Å²) in [5.74, 6) is 0. The first-order valence-corrected chi connectivity index (χ1v) is 4.80. The summed E-state index contributed by atoms with van der Waals surface area (Å²) in [6.45, 7) is -0.146. The molecule has 0 atom stereocenters. The minimum absolute atomic E-state index is 0.146. The van der Waals surface area contributed by atoms with E-state index >= 15 is 0 Å². The Balaban J connectivity index is 2.56. The molecular weight excluding hydrogens is 244 g/mol. The lowest BCUT2D eigenvalue weighted by Crippen LogP contribution is -2.29. The van der Waals surface area contributed by atoms with E-state index in [4.69, 9.17) is 34.8 Å². The maximum atomic E-state index is 9.23. The molecule has 1 N–H and O–H groups in total. The quantitative estimate of drug-likeness (QED) is 0.643. The number of nitrogens with zero attached hydrogens (tertiary/aromatic N) is 3. The zero-order chi connectivity index (χ0) is 9.19. The lowest BCUT2D eigenvalue weighted by Gasteiger charge is -2.17. The number of hydrogen-bond acceptors (Lipinski definition) is 5. The van der Waals surface area contributed by atoms with Gasteiger partial charge in [0.1, 0.15) is 5.51 Å². The first-order valence-electron chi connectivity index (χ1n) is 2.78. The maximum absolute atomic E-state index is 9.23. The standard InChI is InChI=1S/C4H4Cl3N3OS/c5-4(6,7)1-10(11)3-9-8-2-12-3/h2,11H,1H2. The third kappa shape index (κ3) is 3.28. The van der Waals surface area contributed by atoms with Crippen LogP contribution < -0.4 is 5.06 Å². The monoisotopic (exact) mass is 247 g/mol. The Labute approximate surface area is 87.6 Å². The van der Waals surface area contributed by atoms with Crippen LogP contribution in [0, 0.1) is 0 Å². The summed E-state index contributed by atoms with van der Waals surface area (Å²) in [6.07, 6.45) is 0. The van der Waals surface area contributed by atoms with Gasteiger partial charge in [0.25, 0.3) is 0 Å². The smallest absolute Gasteiger partial charge is 0.231 e. The van der Waals surface area contributed by atoms with Crippen LogP contribution in [0.3, 0.4) is 0 Å². The molecule has 4 nitrogen and oxygen atoms in total. The molecule has 0 spiro atoms. The lowest BCUT2D eigenvalue weighted by atomic mass is 10.7. The van der Waals surface area contributed by atoms with Crippen LogP contribution in [0.1, 0.15) is 0 Å². The Kier molecular flexibility index (Phi) is 3.37. The molecule has 1 aromatic heterocycles. The predicted molar refractivity (Wildman–Crippen MR) is 49.3 cm³/mol. The van der Waals surface area contributed by atoms with Crippen molar-refractivity contribution in [3.05, 3.63) is 5.51 Å². The van der Waals surface area contributed by atoms with Crippen molar-refractivity contribution in [2.75, 3.05) is 11.6 Å².